The zero-order valence-electron chi connectivity index (χ0n) is 13.7. The topological polar surface area (TPSA) is 110 Å². The average molecular weight is 378 g/mol. The number of nitrogens with one attached hydrogen (secondary N) is 1. The Bertz CT molecular complexity index is 924. The van der Waals surface area contributed by atoms with Gasteiger partial charge in [-0.05, 0) is 36.8 Å². The number of aromatic carboxylic acids is 1. The second kappa shape index (κ2) is 6.83. The molecular weight excluding hydrogens is 363 g/mol. The Morgan fingerprint density at radius 2 is 2.15 bits per heavy atom. The Morgan fingerprint density at radius 1 is 1.42 bits per heavy atom. The highest BCUT2D eigenvalue weighted by molar-refractivity contribution is 7.17. The molecule has 9 heteroatoms. The molecule has 0 bridgehead atoms. The van der Waals surface area contributed by atoms with Crippen molar-refractivity contribution in [1.29, 1.82) is 0 Å². The van der Waals surface area contributed by atoms with Gasteiger partial charge in [-0.3, -0.25) is 14.9 Å². The fourth-order valence-electron chi connectivity index (χ4n) is 3.07. The van der Waals surface area contributed by atoms with Crippen molar-refractivity contribution in [1.82, 2.24) is 0 Å². The normalized spacial score (nSPS) is 16.0. The number of fused-ring (bicyclic) bond motifs is 1. The first kappa shape index (κ1) is 18.0. The van der Waals surface area contributed by atoms with Gasteiger partial charge in [-0.25, -0.2) is 4.79 Å². The molecule has 1 unspecified atom stereocenters. The second-order valence-corrected chi connectivity index (χ2v) is 7.32. The number of halogens is 1. The number of amides is 1. The van der Waals surface area contributed by atoms with Gasteiger partial charge in [0.1, 0.15) is 5.00 Å². The molecule has 1 aliphatic rings. The first-order valence-corrected chi connectivity index (χ1v) is 8.73. The molecule has 2 N–H and O–H groups in total. The van der Waals surface area contributed by atoms with E-state index < -0.39 is 33.9 Å². The molecule has 1 amide bonds. The van der Waals surface area contributed by atoms with Crippen LogP contribution in [0.15, 0.2) is 18.2 Å². The summed E-state index contributed by atoms with van der Waals surface area (Å²) in [4.78, 5) is 34.9. The summed E-state index contributed by atoms with van der Waals surface area (Å²) in [6.07, 6.45) is 2.19. The molecule has 136 valence electrons. The first-order chi connectivity index (χ1) is 12.3. The number of carboxylic acids is 1. The third-order valence-corrected chi connectivity index (χ3v) is 5.54. The van der Waals surface area contributed by atoms with Crippen LogP contribution < -0.4 is 5.32 Å². The van der Waals surface area contributed by atoms with E-state index in [2.05, 4.69) is 12.2 Å². The summed E-state index contributed by atoms with van der Waals surface area (Å²) in [5.41, 5.74) is -0.586. The van der Waals surface area contributed by atoms with Gasteiger partial charge in [0.15, 0.2) is 0 Å². The monoisotopic (exact) mass is 378 g/mol. The molecule has 0 aliphatic heterocycles. The summed E-state index contributed by atoms with van der Waals surface area (Å²) in [5, 5.41) is 22.9. The number of anilines is 1. The van der Waals surface area contributed by atoms with Crippen LogP contribution in [-0.2, 0) is 12.8 Å². The molecule has 1 heterocycles. The van der Waals surface area contributed by atoms with Gasteiger partial charge in [0, 0.05) is 10.9 Å². The lowest BCUT2D eigenvalue weighted by molar-refractivity contribution is -0.387. The second-order valence-electron chi connectivity index (χ2n) is 6.21. The summed E-state index contributed by atoms with van der Waals surface area (Å²) in [6, 6.07) is 3.28. The zero-order chi connectivity index (χ0) is 19.0. The van der Waals surface area contributed by atoms with Crippen LogP contribution in [0.2, 0.25) is 0 Å². The highest BCUT2D eigenvalue weighted by Crippen LogP contribution is 2.40. The molecule has 0 saturated carbocycles. The fraction of sp³-hybridized carbons (Fsp3) is 0.294. The average Bonchev–Trinajstić information content (AvgIpc) is 2.91. The molecule has 3 rings (SSSR count). The number of nitro benzene ring substituents is 1. The summed E-state index contributed by atoms with van der Waals surface area (Å²) in [7, 11) is 0. The van der Waals surface area contributed by atoms with Crippen LogP contribution in [0.5, 0.6) is 0 Å². The van der Waals surface area contributed by atoms with Crippen LogP contribution in [0.4, 0.5) is 15.1 Å². The Balaban J connectivity index is 1.97. The predicted molar refractivity (Wildman–Crippen MR) is 93.5 cm³/mol. The minimum Gasteiger partial charge on any atom is -0.478 e. The fourth-order valence-corrected chi connectivity index (χ4v) is 4.47. The van der Waals surface area contributed by atoms with Gasteiger partial charge in [-0.2, -0.15) is 4.39 Å². The van der Waals surface area contributed by atoms with Gasteiger partial charge in [-0.1, -0.05) is 13.0 Å². The van der Waals surface area contributed by atoms with Crippen molar-refractivity contribution < 1.29 is 24.0 Å². The molecule has 1 aromatic heterocycles. The number of rotatable bonds is 4. The Kier molecular flexibility index (Phi) is 4.73. The zero-order valence-corrected chi connectivity index (χ0v) is 14.6. The molecule has 0 saturated heterocycles. The number of carbonyl (C=O) groups is 2. The molecule has 7 nitrogen and oxygen atoms in total. The summed E-state index contributed by atoms with van der Waals surface area (Å²) in [5.74, 6) is -2.91. The van der Waals surface area contributed by atoms with E-state index in [0.29, 0.717) is 17.9 Å². The third kappa shape index (κ3) is 3.17. The molecule has 0 spiro atoms. The number of nitro groups is 1. The quantitative estimate of drug-likeness (QED) is 0.620. The minimum atomic E-state index is -1.25. The molecule has 26 heavy (non-hydrogen) atoms. The van der Waals surface area contributed by atoms with Crippen molar-refractivity contribution >= 4 is 33.9 Å². The van der Waals surface area contributed by atoms with Crippen molar-refractivity contribution in [3.8, 4) is 0 Å². The Hall–Kier alpha value is -2.81. The Labute approximate surface area is 151 Å². The number of carboxylic acid groups (broad SMARTS) is 1. The van der Waals surface area contributed by atoms with E-state index in [1.54, 1.807) is 0 Å². The molecule has 1 atom stereocenters. The van der Waals surface area contributed by atoms with Crippen molar-refractivity contribution in [3.63, 3.8) is 0 Å². The molecule has 0 fully saturated rings. The minimum absolute atomic E-state index is 0.0242. The number of thiophene rings is 1. The number of nitrogens with zero attached hydrogens (tertiary/aromatic N) is 1. The van der Waals surface area contributed by atoms with Crippen molar-refractivity contribution in [3.05, 3.63) is 55.7 Å². The lowest BCUT2D eigenvalue weighted by Gasteiger charge is -2.17. The largest absolute Gasteiger partial charge is 0.478 e. The number of carbonyl (C=O) groups excluding carboxylic acids is 1. The molecule has 1 aromatic carbocycles. The van der Waals surface area contributed by atoms with E-state index in [9.17, 15) is 29.2 Å². The Morgan fingerprint density at radius 3 is 2.81 bits per heavy atom. The van der Waals surface area contributed by atoms with Crippen LogP contribution in [0.25, 0.3) is 0 Å². The van der Waals surface area contributed by atoms with Gasteiger partial charge < -0.3 is 10.4 Å². The summed E-state index contributed by atoms with van der Waals surface area (Å²) < 4.78 is 14.2. The lowest BCUT2D eigenvalue weighted by atomic mass is 9.88. The van der Waals surface area contributed by atoms with Gasteiger partial charge >= 0.3 is 11.7 Å². The number of hydrogen-bond acceptors (Lipinski definition) is 5. The summed E-state index contributed by atoms with van der Waals surface area (Å²) in [6.45, 7) is 2.07. The van der Waals surface area contributed by atoms with Crippen LogP contribution in [0, 0.1) is 21.8 Å². The van der Waals surface area contributed by atoms with E-state index in [1.807, 2.05) is 0 Å². The third-order valence-electron chi connectivity index (χ3n) is 4.37. The molecule has 2 aromatic rings. The van der Waals surface area contributed by atoms with E-state index in [4.69, 9.17) is 0 Å². The summed E-state index contributed by atoms with van der Waals surface area (Å²) >= 11 is 1.16. The van der Waals surface area contributed by atoms with Gasteiger partial charge in [0.2, 0.25) is 5.82 Å². The van der Waals surface area contributed by atoms with Crippen LogP contribution in [0.3, 0.4) is 0 Å². The standard InChI is InChI=1S/C17H15FN2O5S/c1-8-5-6-9-12(7-8)26-16(13(9)17(22)23)19-15(21)10-3-2-4-11(14(10)18)20(24)25/h2-4,8H,5-7H2,1H3,(H,19,21)(H,22,23). The van der Waals surface area contributed by atoms with Crippen molar-refractivity contribution in [2.75, 3.05) is 5.32 Å². The van der Waals surface area contributed by atoms with Crippen LogP contribution >= 0.6 is 11.3 Å². The van der Waals surface area contributed by atoms with E-state index in [-0.39, 0.29) is 10.6 Å². The van der Waals surface area contributed by atoms with Gasteiger partial charge in [0.25, 0.3) is 5.91 Å². The molecule has 0 radical (unpaired) electrons. The lowest BCUT2D eigenvalue weighted by Crippen LogP contribution is -2.16. The van der Waals surface area contributed by atoms with Crippen molar-refractivity contribution in [2.45, 2.75) is 26.2 Å². The van der Waals surface area contributed by atoms with Crippen molar-refractivity contribution in [2.24, 2.45) is 5.92 Å². The highest BCUT2D eigenvalue weighted by Gasteiger charge is 2.29. The molecular formula is C17H15FN2O5S. The number of benzene rings is 1. The van der Waals surface area contributed by atoms with Gasteiger partial charge in [0.05, 0.1) is 16.1 Å². The SMILES string of the molecule is CC1CCc2c(sc(NC(=O)c3cccc([N+](=O)[O-])c3F)c2C(=O)O)C1. The maximum Gasteiger partial charge on any atom is 0.339 e. The van der Waals surface area contributed by atoms with Crippen LogP contribution in [-0.4, -0.2) is 21.9 Å². The predicted octanol–water partition coefficient (Wildman–Crippen LogP) is 3.87. The van der Waals surface area contributed by atoms with E-state index >= 15 is 0 Å². The van der Waals surface area contributed by atoms with E-state index in [0.717, 1.165) is 41.2 Å². The first-order valence-electron chi connectivity index (χ1n) is 7.91. The maximum atomic E-state index is 14.2. The van der Waals surface area contributed by atoms with E-state index in [1.165, 1.54) is 6.07 Å². The van der Waals surface area contributed by atoms with Gasteiger partial charge in [-0.15, -0.1) is 11.3 Å². The maximum absolute atomic E-state index is 14.2. The number of hydrogen-bond donors (Lipinski definition) is 2. The molecule has 1 aliphatic carbocycles. The van der Waals surface area contributed by atoms with Crippen LogP contribution in [0.1, 0.15) is 44.5 Å². The smallest absolute Gasteiger partial charge is 0.339 e. The highest BCUT2D eigenvalue weighted by atomic mass is 32.1.